The summed E-state index contributed by atoms with van der Waals surface area (Å²) in [5.74, 6) is 0.475. The summed E-state index contributed by atoms with van der Waals surface area (Å²) in [4.78, 5) is 15.6. The summed E-state index contributed by atoms with van der Waals surface area (Å²) in [6, 6.07) is 31.7. The smallest absolute Gasteiger partial charge is 0.232 e. The average molecular weight is 412 g/mol. The number of piperidine rings is 1. The van der Waals surface area contributed by atoms with Crippen LogP contribution in [0.1, 0.15) is 47.8 Å². The Balaban J connectivity index is 1.25. The minimum atomic E-state index is -0.263. The van der Waals surface area contributed by atoms with Crippen LogP contribution in [0.4, 0.5) is 0 Å². The van der Waals surface area contributed by atoms with E-state index in [0.29, 0.717) is 12.5 Å². The second kappa shape index (κ2) is 10.9. The minimum absolute atomic E-state index is 0.0800. The van der Waals surface area contributed by atoms with Crippen molar-refractivity contribution in [2.45, 2.75) is 31.1 Å². The fourth-order valence-electron chi connectivity index (χ4n) is 4.55. The molecule has 1 radical (unpaired) electrons. The Labute approximate surface area is 186 Å². The van der Waals surface area contributed by atoms with Crippen molar-refractivity contribution in [3.05, 3.63) is 108 Å². The molecule has 4 rings (SSSR count). The zero-order valence-electron chi connectivity index (χ0n) is 18.0. The second-order valence-corrected chi connectivity index (χ2v) is 8.35. The van der Waals surface area contributed by atoms with Gasteiger partial charge in [-0.2, -0.15) is 0 Å². The average Bonchev–Trinajstić information content (AvgIpc) is 2.84. The van der Waals surface area contributed by atoms with Crippen LogP contribution in [0.3, 0.4) is 0 Å². The number of carbonyl (C=O) groups is 1. The molecule has 31 heavy (non-hydrogen) atoms. The maximum atomic E-state index is 13.1. The summed E-state index contributed by atoms with van der Waals surface area (Å²) in [5.41, 5.74) is 3.49. The number of hydrogen-bond donors (Lipinski definition) is 1. The molecule has 0 atom stereocenters. The molecule has 0 bridgehead atoms. The SMILES string of the molecule is O=C(NCCCN1CCC(c2c[c]ccc2)CC1)C(c1ccccc1)c1ccccc1. The third kappa shape index (κ3) is 5.83. The number of nitrogens with zero attached hydrogens (tertiary/aromatic N) is 1. The topological polar surface area (TPSA) is 32.3 Å². The second-order valence-electron chi connectivity index (χ2n) is 8.35. The molecule has 3 heteroatoms. The van der Waals surface area contributed by atoms with Crippen molar-refractivity contribution in [1.82, 2.24) is 10.2 Å². The fourth-order valence-corrected chi connectivity index (χ4v) is 4.55. The van der Waals surface area contributed by atoms with Gasteiger partial charge in [-0.1, -0.05) is 84.9 Å². The first kappa shape index (κ1) is 21.3. The van der Waals surface area contributed by atoms with E-state index in [-0.39, 0.29) is 11.8 Å². The number of nitrogens with one attached hydrogen (secondary N) is 1. The van der Waals surface area contributed by atoms with Gasteiger partial charge in [0.05, 0.1) is 5.92 Å². The highest BCUT2D eigenvalue weighted by molar-refractivity contribution is 5.87. The molecule has 0 spiro atoms. The molecule has 0 aromatic heterocycles. The molecule has 1 saturated heterocycles. The Bertz CT molecular complexity index is 880. The lowest BCUT2D eigenvalue weighted by molar-refractivity contribution is -0.121. The van der Waals surface area contributed by atoms with Crippen LogP contribution < -0.4 is 5.32 Å². The number of hydrogen-bond acceptors (Lipinski definition) is 2. The number of carbonyl (C=O) groups excluding carboxylic acids is 1. The van der Waals surface area contributed by atoms with E-state index >= 15 is 0 Å². The van der Waals surface area contributed by atoms with Crippen LogP contribution in [-0.2, 0) is 4.79 Å². The van der Waals surface area contributed by atoms with Gasteiger partial charge in [0.15, 0.2) is 0 Å². The van der Waals surface area contributed by atoms with Crippen LogP contribution in [-0.4, -0.2) is 37.0 Å². The van der Waals surface area contributed by atoms with Crippen molar-refractivity contribution in [1.29, 1.82) is 0 Å². The summed E-state index contributed by atoms with van der Waals surface area (Å²) < 4.78 is 0. The summed E-state index contributed by atoms with van der Waals surface area (Å²) in [7, 11) is 0. The third-order valence-corrected chi connectivity index (χ3v) is 6.27. The van der Waals surface area contributed by atoms with Gasteiger partial charge in [0.2, 0.25) is 5.91 Å². The lowest BCUT2D eigenvalue weighted by Gasteiger charge is -2.32. The first-order chi connectivity index (χ1) is 15.3. The largest absolute Gasteiger partial charge is 0.355 e. The van der Waals surface area contributed by atoms with Gasteiger partial charge in [0, 0.05) is 6.54 Å². The van der Waals surface area contributed by atoms with Crippen molar-refractivity contribution in [2.24, 2.45) is 0 Å². The van der Waals surface area contributed by atoms with E-state index in [4.69, 9.17) is 0 Å². The lowest BCUT2D eigenvalue weighted by atomic mass is 9.89. The number of benzene rings is 3. The number of likely N-dealkylation sites (tertiary alicyclic amines) is 1. The van der Waals surface area contributed by atoms with Crippen LogP contribution in [0, 0.1) is 6.07 Å². The summed E-state index contributed by atoms with van der Waals surface area (Å²) in [6.45, 7) is 4.01. The van der Waals surface area contributed by atoms with Crippen molar-refractivity contribution >= 4 is 5.91 Å². The molecular weight excluding hydrogens is 380 g/mol. The zero-order chi connectivity index (χ0) is 21.3. The standard InChI is InChI=1S/C28H31N2O/c31-28(27(25-13-6-2-7-14-25)26-15-8-3-9-16-26)29-19-10-20-30-21-17-24(18-22-30)23-11-4-1-5-12-23/h1-4,6-9,11-16,24,27H,10,17-22H2,(H,29,31). The van der Waals surface area contributed by atoms with Gasteiger partial charge in [-0.25, -0.2) is 0 Å². The predicted octanol–water partition coefficient (Wildman–Crippen LogP) is 5.00. The predicted molar refractivity (Wildman–Crippen MR) is 126 cm³/mol. The molecule has 3 nitrogen and oxygen atoms in total. The van der Waals surface area contributed by atoms with Crippen LogP contribution >= 0.6 is 0 Å². The highest BCUT2D eigenvalue weighted by Crippen LogP contribution is 2.28. The summed E-state index contributed by atoms with van der Waals surface area (Å²) >= 11 is 0. The zero-order valence-corrected chi connectivity index (χ0v) is 18.0. The molecule has 1 N–H and O–H groups in total. The maximum Gasteiger partial charge on any atom is 0.232 e. The maximum absolute atomic E-state index is 13.1. The highest BCUT2D eigenvalue weighted by atomic mass is 16.1. The Morgan fingerprint density at radius 2 is 1.58 bits per heavy atom. The van der Waals surface area contributed by atoms with Gasteiger partial charge in [0.25, 0.3) is 0 Å². The summed E-state index contributed by atoms with van der Waals surface area (Å²) in [5, 5.41) is 3.18. The van der Waals surface area contributed by atoms with Crippen molar-refractivity contribution in [2.75, 3.05) is 26.2 Å². The van der Waals surface area contributed by atoms with E-state index in [1.165, 1.54) is 18.4 Å². The van der Waals surface area contributed by atoms with E-state index < -0.39 is 0 Å². The van der Waals surface area contributed by atoms with Gasteiger partial charge in [-0.05, 0) is 67.6 Å². The van der Waals surface area contributed by atoms with Gasteiger partial charge < -0.3 is 10.2 Å². The van der Waals surface area contributed by atoms with Crippen LogP contribution in [0.25, 0.3) is 0 Å². The van der Waals surface area contributed by atoms with Crippen molar-refractivity contribution in [3.8, 4) is 0 Å². The van der Waals surface area contributed by atoms with Gasteiger partial charge in [-0.3, -0.25) is 4.79 Å². The Morgan fingerprint density at radius 3 is 2.16 bits per heavy atom. The molecule has 0 saturated carbocycles. The molecule has 159 valence electrons. The lowest BCUT2D eigenvalue weighted by Crippen LogP contribution is -2.36. The Morgan fingerprint density at radius 1 is 0.935 bits per heavy atom. The van der Waals surface area contributed by atoms with E-state index in [1.54, 1.807) is 0 Å². The van der Waals surface area contributed by atoms with Crippen LogP contribution in [0.2, 0.25) is 0 Å². The molecule has 1 fully saturated rings. The monoisotopic (exact) mass is 411 g/mol. The van der Waals surface area contributed by atoms with Crippen molar-refractivity contribution < 1.29 is 4.79 Å². The van der Waals surface area contributed by atoms with E-state index in [9.17, 15) is 4.79 Å². The number of amides is 1. The highest BCUT2D eigenvalue weighted by Gasteiger charge is 2.23. The van der Waals surface area contributed by atoms with Gasteiger partial charge in [-0.15, -0.1) is 0 Å². The van der Waals surface area contributed by atoms with Crippen LogP contribution in [0.5, 0.6) is 0 Å². The molecule has 1 aliphatic heterocycles. The minimum Gasteiger partial charge on any atom is -0.355 e. The molecular formula is C28H31N2O. The molecule has 3 aromatic carbocycles. The first-order valence-corrected chi connectivity index (χ1v) is 11.4. The summed E-state index contributed by atoms with van der Waals surface area (Å²) in [6.07, 6.45) is 3.38. The molecule has 1 heterocycles. The molecule has 3 aromatic rings. The quantitative estimate of drug-likeness (QED) is 0.529. The van der Waals surface area contributed by atoms with Gasteiger partial charge >= 0.3 is 0 Å². The van der Waals surface area contributed by atoms with Crippen LogP contribution in [0.15, 0.2) is 84.9 Å². The van der Waals surface area contributed by atoms with E-state index in [2.05, 4.69) is 34.5 Å². The first-order valence-electron chi connectivity index (χ1n) is 11.4. The normalized spacial score (nSPS) is 15.1. The van der Waals surface area contributed by atoms with E-state index in [1.807, 2.05) is 66.7 Å². The Kier molecular flexibility index (Phi) is 7.51. The molecule has 0 unspecified atom stereocenters. The fraction of sp³-hybridized carbons (Fsp3) is 0.321. The molecule has 1 amide bonds. The Hall–Kier alpha value is -2.91. The molecule has 0 aliphatic carbocycles. The van der Waals surface area contributed by atoms with Gasteiger partial charge in [0.1, 0.15) is 0 Å². The number of rotatable bonds is 8. The van der Waals surface area contributed by atoms with E-state index in [0.717, 1.165) is 37.2 Å². The molecule has 1 aliphatic rings. The van der Waals surface area contributed by atoms with Crippen molar-refractivity contribution in [3.63, 3.8) is 0 Å². The third-order valence-electron chi connectivity index (χ3n) is 6.27.